The maximum absolute atomic E-state index is 12.9. The first-order chi connectivity index (χ1) is 13.9. The van der Waals surface area contributed by atoms with Crippen LogP contribution in [0.2, 0.25) is 0 Å². The maximum atomic E-state index is 12.9. The Morgan fingerprint density at radius 2 is 1.79 bits per heavy atom. The molecule has 2 amide bonds. The van der Waals surface area contributed by atoms with E-state index in [1.54, 1.807) is 12.0 Å². The van der Waals surface area contributed by atoms with Crippen molar-refractivity contribution in [2.75, 3.05) is 33.4 Å². The summed E-state index contributed by atoms with van der Waals surface area (Å²) in [6.07, 6.45) is 1.67. The van der Waals surface area contributed by atoms with Crippen LogP contribution in [0.15, 0.2) is 35.4 Å². The minimum absolute atomic E-state index is 0.124. The molecule has 1 aromatic rings. The van der Waals surface area contributed by atoms with Gasteiger partial charge in [-0.05, 0) is 57.2 Å². The molecule has 0 aliphatic carbocycles. The summed E-state index contributed by atoms with van der Waals surface area (Å²) in [6.45, 7) is 9.06. The highest BCUT2D eigenvalue weighted by Crippen LogP contribution is 2.36. The van der Waals surface area contributed by atoms with Crippen molar-refractivity contribution < 1.29 is 19.1 Å². The number of carbonyl (C=O) groups excluding carboxylic acids is 2. The molecule has 0 N–H and O–H groups in total. The standard InChI is InChI=1S/C23H32N2O4/c1-5-29-23(27)24-12-10-19(11-13-24)21-15-25(22(26)17(3)16(21)2)14-18-6-8-20(28-4)9-7-18/h6-9,19,21H,5,10-15H2,1-4H3. The van der Waals surface area contributed by atoms with Crippen molar-refractivity contribution >= 4 is 12.0 Å². The van der Waals surface area contributed by atoms with E-state index in [9.17, 15) is 9.59 Å². The lowest BCUT2D eigenvalue weighted by Crippen LogP contribution is -2.46. The highest BCUT2D eigenvalue weighted by Gasteiger charge is 2.36. The number of carbonyl (C=O) groups is 2. The first-order valence-electron chi connectivity index (χ1n) is 10.5. The molecule has 0 bridgehead atoms. The van der Waals surface area contributed by atoms with Gasteiger partial charge in [-0.3, -0.25) is 4.79 Å². The molecule has 29 heavy (non-hydrogen) atoms. The van der Waals surface area contributed by atoms with Crippen LogP contribution in [0.1, 0.15) is 39.2 Å². The predicted octanol–water partition coefficient (Wildman–Crippen LogP) is 3.86. The van der Waals surface area contributed by atoms with Crippen LogP contribution in [0, 0.1) is 11.8 Å². The quantitative estimate of drug-likeness (QED) is 0.753. The Kier molecular flexibility index (Phi) is 6.83. The van der Waals surface area contributed by atoms with Gasteiger partial charge in [0, 0.05) is 37.7 Å². The second kappa shape index (κ2) is 9.33. The summed E-state index contributed by atoms with van der Waals surface area (Å²) in [5, 5.41) is 0. The number of benzene rings is 1. The highest BCUT2D eigenvalue weighted by molar-refractivity contribution is 5.94. The Labute approximate surface area is 173 Å². The third-order valence-corrected chi connectivity index (χ3v) is 6.34. The Hall–Kier alpha value is -2.50. The zero-order valence-corrected chi connectivity index (χ0v) is 17.9. The lowest BCUT2D eigenvalue weighted by atomic mass is 9.76. The van der Waals surface area contributed by atoms with Gasteiger partial charge in [0.15, 0.2) is 0 Å². The van der Waals surface area contributed by atoms with Crippen molar-refractivity contribution in [3.63, 3.8) is 0 Å². The predicted molar refractivity (Wildman–Crippen MR) is 112 cm³/mol. The Morgan fingerprint density at radius 1 is 1.14 bits per heavy atom. The van der Waals surface area contributed by atoms with Gasteiger partial charge in [-0.2, -0.15) is 0 Å². The normalized spacial score (nSPS) is 20.8. The van der Waals surface area contributed by atoms with E-state index < -0.39 is 0 Å². The first-order valence-corrected chi connectivity index (χ1v) is 10.5. The van der Waals surface area contributed by atoms with Gasteiger partial charge in [-0.1, -0.05) is 17.7 Å². The summed E-state index contributed by atoms with van der Waals surface area (Å²) < 4.78 is 10.4. The van der Waals surface area contributed by atoms with Crippen LogP contribution in [0.25, 0.3) is 0 Å². The van der Waals surface area contributed by atoms with E-state index in [4.69, 9.17) is 9.47 Å². The SMILES string of the molecule is CCOC(=O)N1CCC(C2CN(Cc3ccc(OC)cc3)C(=O)C(C)=C2C)CC1. The van der Waals surface area contributed by atoms with Crippen molar-refractivity contribution in [1.29, 1.82) is 0 Å². The molecule has 0 radical (unpaired) electrons. The lowest BCUT2D eigenvalue weighted by Gasteiger charge is -2.41. The van der Waals surface area contributed by atoms with Crippen molar-refractivity contribution in [2.24, 2.45) is 11.8 Å². The van der Waals surface area contributed by atoms with Crippen LogP contribution < -0.4 is 4.74 Å². The summed E-state index contributed by atoms with van der Waals surface area (Å²) in [5.74, 6) is 1.76. The van der Waals surface area contributed by atoms with E-state index in [0.29, 0.717) is 25.0 Å². The molecule has 0 saturated carbocycles. The summed E-state index contributed by atoms with van der Waals surface area (Å²) in [7, 11) is 1.65. The van der Waals surface area contributed by atoms with Crippen LogP contribution in [0.5, 0.6) is 5.75 Å². The van der Waals surface area contributed by atoms with E-state index in [1.165, 1.54) is 5.57 Å². The number of likely N-dealkylation sites (tertiary alicyclic amines) is 1. The largest absolute Gasteiger partial charge is 0.497 e. The molecule has 2 heterocycles. The number of hydrogen-bond donors (Lipinski definition) is 0. The third-order valence-electron chi connectivity index (χ3n) is 6.34. The summed E-state index contributed by atoms with van der Waals surface area (Å²) in [6, 6.07) is 7.89. The molecular formula is C23H32N2O4. The minimum Gasteiger partial charge on any atom is -0.497 e. The van der Waals surface area contributed by atoms with Crippen LogP contribution >= 0.6 is 0 Å². The first kappa shape index (κ1) is 21.2. The minimum atomic E-state index is -0.214. The monoisotopic (exact) mass is 400 g/mol. The molecular weight excluding hydrogens is 368 g/mol. The molecule has 1 fully saturated rings. The molecule has 0 spiro atoms. The van der Waals surface area contributed by atoms with E-state index in [1.807, 2.05) is 43.0 Å². The van der Waals surface area contributed by atoms with Crippen molar-refractivity contribution in [3.05, 3.63) is 41.0 Å². The Morgan fingerprint density at radius 3 is 2.38 bits per heavy atom. The molecule has 6 nitrogen and oxygen atoms in total. The third kappa shape index (κ3) is 4.74. The molecule has 6 heteroatoms. The topological polar surface area (TPSA) is 59.1 Å². The van der Waals surface area contributed by atoms with Gasteiger partial charge >= 0.3 is 6.09 Å². The number of ether oxygens (including phenoxy) is 2. The van der Waals surface area contributed by atoms with E-state index in [0.717, 1.165) is 49.4 Å². The average Bonchev–Trinajstić information content (AvgIpc) is 2.75. The maximum Gasteiger partial charge on any atom is 0.409 e. The van der Waals surface area contributed by atoms with Crippen LogP contribution in [-0.4, -0.2) is 55.2 Å². The van der Waals surface area contributed by atoms with Crippen molar-refractivity contribution in [2.45, 2.75) is 40.2 Å². The average molecular weight is 401 g/mol. The van der Waals surface area contributed by atoms with Gasteiger partial charge in [-0.25, -0.2) is 4.79 Å². The van der Waals surface area contributed by atoms with Gasteiger partial charge in [0.2, 0.25) is 5.91 Å². The van der Waals surface area contributed by atoms with Gasteiger partial charge in [-0.15, -0.1) is 0 Å². The fourth-order valence-corrected chi connectivity index (χ4v) is 4.43. The zero-order valence-electron chi connectivity index (χ0n) is 17.9. The Balaban J connectivity index is 1.68. The zero-order chi connectivity index (χ0) is 21.0. The molecule has 158 valence electrons. The summed E-state index contributed by atoms with van der Waals surface area (Å²) >= 11 is 0. The van der Waals surface area contributed by atoms with Crippen molar-refractivity contribution in [3.8, 4) is 5.75 Å². The molecule has 0 aromatic heterocycles. The molecule has 1 aromatic carbocycles. The number of rotatable bonds is 5. The summed E-state index contributed by atoms with van der Waals surface area (Å²) in [4.78, 5) is 28.6. The number of piperidine rings is 1. The molecule has 1 atom stereocenters. The second-order valence-corrected chi connectivity index (χ2v) is 7.97. The molecule has 3 rings (SSSR count). The van der Waals surface area contributed by atoms with Crippen molar-refractivity contribution in [1.82, 2.24) is 9.80 Å². The van der Waals surface area contributed by atoms with Gasteiger partial charge in [0.05, 0.1) is 13.7 Å². The van der Waals surface area contributed by atoms with Crippen LogP contribution in [-0.2, 0) is 16.1 Å². The Bertz CT molecular complexity index is 764. The second-order valence-electron chi connectivity index (χ2n) is 7.97. The van der Waals surface area contributed by atoms with Gasteiger partial charge < -0.3 is 19.3 Å². The number of methoxy groups -OCH3 is 1. The molecule has 1 unspecified atom stereocenters. The van der Waals surface area contributed by atoms with Crippen LogP contribution in [0.4, 0.5) is 4.79 Å². The van der Waals surface area contributed by atoms with Crippen LogP contribution in [0.3, 0.4) is 0 Å². The molecule has 2 aliphatic heterocycles. The van der Waals surface area contributed by atoms with E-state index in [-0.39, 0.29) is 12.0 Å². The highest BCUT2D eigenvalue weighted by atomic mass is 16.6. The van der Waals surface area contributed by atoms with E-state index in [2.05, 4.69) is 6.92 Å². The summed E-state index contributed by atoms with van der Waals surface area (Å²) in [5.41, 5.74) is 3.17. The van der Waals surface area contributed by atoms with Gasteiger partial charge in [0.25, 0.3) is 0 Å². The molecule has 1 saturated heterocycles. The fourth-order valence-electron chi connectivity index (χ4n) is 4.43. The van der Waals surface area contributed by atoms with E-state index >= 15 is 0 Å². The molecule has 2 aliphatic rings. The van der Waals surface area contributed by atoms with Gasteiger partial charge in [0.1, 0.15) is 5.75 Å². The number of nitrogens with zero attached hydrogens (tertiary/aromatic N) is 2. The number of hydrogen-bond acceptors (Lipinski definition) is 4. The number of amides is 2. The fraction of sp³-hybridized carbons (Fsp3) is 0.565. The smallest absolute Gasteiger partial charge is 0.409 e. The lowest BCUT2D eigenvalue weighted by molar-refractivity contribution is -0.129.